The molecule has 0 saturated heterocycles. The summed E-state index contributed by atoms with van der Waals surface area (Å²) in [7, 11) is 0. The number of halogens is 4. The Hall–Kier alpha value is -9.52. The minimum absolute atomic E-state index is 0.0104. The fourth-order valence-electron chi connectivity index (χ4n) is 17.0. The van der Waals surface area contributed by atoms with Crippen molar-refractivity contribution in [3.8, 4) is 0 Å². The maximum absolute atomic E-state index is 14.3. The van der Waals surface area contributed by atoms with Crippen molar-refractivity contribution in [2.24, 2.45) is 0 Å². The van der Waals surface area contributed by atoms with E-state index in [-0.39, 0.29) is 134 Å². The van der Waals surface area contributed by atoms with Crippen LogP contribution in [0.4, 0.5) is 40.8 Å². The summed E-state index contributed by atoms with van der Waals surface area (Å²) in [5.74, 6) is -6.25. The molecule has 0 unspecified atom stereocenters. The van der Waals surface area contributed by atoms with Crippen molar-refractivity contribution in [1.82, 2.24) is 99.8 Å². The van der Waals surface area contributed by atoms with Gasteiger partial charge in [-0.05, 0) is 148 Å². The quantitative estimate of drug-likeness (QED) is 0.00969. The topological polar surface area (TPSA) is 554 Å². The zero-order valence-corrected chi connectivity index (χ0v) is 82.1. The Balaban J connectivity index is 0.000000146. The molecule has 40 nitrogen and oxygen atoms in total. The molecule has 8 aromatic heterocycles. The molecule has 0 spiro atoms. The molecule has 8 aliphatic rings. The Kier molecular flexibility index (Phi) is 27.1. The Morgan fingerprint density at radius 2 is 0.611 bits per heavy atom. The van der Waals surface area contributed by atoms with Crippen LogP contribution in [0.15, 0.2) is 93.4 Å². The first-order valence-corrected chi connectivity index (χ1v) is 50.7. The van der Waals surface area contributed by atoms with E-state index in [4.69, 9.17) is 51.5 Å². The van der Waals surface area contributed by atoms with Gasteiger partial charge in [-0.15, -0.1) is 20.4 Å². The van der Waals surface area contributed by atoms with E-state index >= 15 is 0 Å². The van der Waals surface area contributed by atoms with Gasteiger partial charge in [-0.3, -0.25) is 0 Å². The van der Waals surface area contributed by atoms with Crippen molar-refractivity contribution in [3.05, 3.63) is 141 Å². The number of hydrogen-bond acceptors (Lipinski definition) is 40. The number of aromatic nitrogens is 20. The van der Waals surface area contributed by atoms with Crippen molar-refractivity contribution in [2.75, 3.05) is 96.9 Å². The van der Waals surface area contributed by atoms with Gasteiger partial charge in [-0.25, -0.2) is 76.2 Å². The Bertz CT molecular complexity index is 7510. The van der Waals surface area contributed by atoms with E-state index in [2.05, 4.69) is 102 Å². The van der Waals surface area contributed by atoms with Crippen LogP contribution in [-0.4, -0.2) is 334 Å². The number of aliphatic hydroxyl groups is 12. The second kappa shape index (κ2) is 47.3. The number of ether oxygens (including phenoxy) is 4. The maximum atomic E-state index is 14.3. The highest BCUT2D eigenvalue weighted by Crippen LogP contribution is 2.50. The largest absolute Gasteiger partial charge is 0.394 e. The van der Waals surface area contributed by atoms with Crippen LogP contribution >= 0.6 is 47.0 Å². The minimum atomic E-state index is -3.39. The third-order valence-corrected chi connectivity index (χ3v) is 29.2. The average Bonchev–Trinajstić information content (AvgIpc) is 1.52. The van der Waals surface area contributed by atoms with E-state index in [9.17, 15) is 73.7 Å². The molecule has 12 aromatic rings. The Morgan fingerprint density at radius 1 is 0.354 bits per heavy atom. The molecule has 20 rings (SSSR count). The normalized spacial score (nSPS) is 33.5. The third kappa shape index (κ3) is 23.8. The van der Waals surface area contributed by atoms with Crippen LogP contribution in [0.3, 0.4) is 0 Å². The van der Waals surface area contributed by atoms with Crippen molar-refractivity contribution in [2.45, 2.75) is 298 Å². The van der Waals surface area contributed by atoms with Gasteiger partial charge in [0.25, 0.3) is 0 Å². The molecule has 8 fully saturated rings. The number of nitrogens with one attached hydrogen (secondary N) is 4. The van der Waals surface area contributed by atoms with Crippen molar-refractivity contribution < 1.29 is 125 Å². The highest BCUT2D eigenvalue weighted by molar-refractivity contribution is 7.99. The van der Waals surface area contributed by atoms with Crippen molar-refractivity contribution in [1.29, 1.82) is 0 Å². The first-order chi connectivity index (χ1) is 76.9. The zero-order chi connectivity index (χ0) is 120. The molecule has 4 aromatic carbocycles. The second-order valence-electron chi connectivity index (χ2n) is 35.1. The second-order valence-corrected chi connectivity index (χ2v) is 39.4. The summed E-state index contributed by atoms with van der Waals surface area (Å²) < 4.78 is 247. The number of nitrogens with zero attached hydrogens (tertiary/aromatic N) is 20. The monoisotopic (exact) mass is 2090 g/mol. The van der Waals surface area contributed by atoms with Gasteiger partial charge in [0, 0.05) is 113 Å². The van der Waals surface area contributed by atoms with E-state index in [1.54, 1.807) is 33.8 Å². The van der Waals surface area contributed by atoms with E-state index in [0.29, 0.717) is 60.7 Å². The highest BCUT2D eigenvalue weighted by Gasteiger charge is 2.51. The van der Waals surface area contributed by atoms with Gasteiger partial charge in [0.15, 0.2) is 88.6 Å². The van der Waals surface area contributed by atoms with Gasteiger partial charge in [0.2, 0.25) is 0 Å². The molecule has 0 aliphatic heterocycles. The number of fused-ring (bicyclic) bond motifs is 4. The van der Waals surface area contributed by atoms with Crippen LogP contribution in [0.1, 0.15) is 224 Å². The number of aryl methyl sites for hydroxylation is 4. The van der Waals surface area contributed by atoms with Gasteiger partial charge in [0.1, 0.15) is 72.1 Å². The lowest BCUT2D eigenvalue weighted by atomic mass is 10.1. The van der Waals surface area contributed by atoms with Gasteiger partial charge in [0.05, 0.1) is 112 Å². The van der Waals surface area contributed by atoms with Gasteiger partial charge >= 0.3 is 0 Å². The fourth-order valence-corrected chi connectivity index (χ4v) is 19.8. The molecule has 0 amide bonds. The first kappa shape index (κ1) is 82.4. The van der Waals surface area contributed by atoms with E-state index in [1.807, 2.05) is 27.7 Å². The lowest BCUT2D eigenvalue weighted by Crippen LogP contribution is -2.33. The molecule has 0 radical (unpaired) electrons. The summed E-state index contributed by atoms with van der Waals surface area (Å²) in [6.45, 7) is 0.763. The smallest absolute Gasteiger partial charge is 0.191 e. The van der Waals surface area contributed by atoms with Crippen LogP contribution in [0.5, 0.6) is 0 Å². The summed E-state index contributed by atoms with van der Waals surface area (Å²) in [6, 6.07) is 8.84. The van der Waals surface area contributed by atoms with Crippen LogP contribution < -0.4 is 21.3 Å². The number of aliphatic hydroxyl groups excluding tert-OH is 10. The highest BCUT2D eigenvalue weighted by atomic mass is 32.2. The predicted octanol–water partition coefficient (Wildman–Crippen LogP) is 8.73. The summed E-state index contributed by atoms with van der Waals surface area (Å²) in [6.07, 6.45) is -20.8. The number of anilines is 4. The lowest BCUT2D eigenvalue weighted by molar-refractivity contribution is -0.0629. The zero-order valence-electron chi connectivity index (χ0n) is 98.9. The van der Waals surface area contributed by atoms with Gasteiger partial charge in [-0.1, -0.05) is 144 Å². The average molecular weight is 2090 g/mol. The Morgan fingerprint density at radius 3 is 0.847 bits per heavy atom. The molecule has 48 heteroatoms. The maximum Gasteiger partial charge on any atom is 0.191 e. The van der Waals surface area contributed by atoms with Crippen molar-refractivity contribution >= 4 is 115 Å². The van der Waals surface area contributed by atoms with Gasteiger partial charge in [-0.2, -0.15) is 0 Å². The summed E-state index contributed by atoms with van der Waals surface area (Å²) in [4.78, 5) is 36.2. The molecule has 144 heavy (non-hydrogen) atoms. The first-order valence-electron chi connectivity index (χ1n) is 56.8. The van der Waals surface area contributed by atoms with Crippen LogP contribution in [0.25, 0.3) is 44.7 Å². The number of rotatable bonds is 40. The van der Waals surface area contributed by atoms with E-state index in [1.165, 1.54) is 126 Å². The van der Waals surface area contributed by atoms with Crippen LogP contribution in [-0.2, 0) is 18.9 Å². The molecule has 776 valence electrons. The van der Waals surface area contributed by atoms with Crippen LogP contribution in [0.2, 0.25) is 0 Å². The lowest BCUT2D eigenvalue weighted by Gasteiger charge is -2.17. The number of thioether (sulfide) groups is 4. The molecular weight excluding hydrogens is 1950 g/mol. The summed E-state index contributed by atoms with van der Waals surface area (Å²) in [5, 5.41) is 169. The predicted molar refractivity (Wildman–Crippen MR) is 530 cm³/mol. The number of hydrogen-bond donors (Lipinski definition) is 16. The summed E-state index contributed by atoms with van der Waals surface area (Å²) in [5.41, 5.74) is 3.50. The summed E-state index contributed by atoms with van der Waals surface area (Å²) >= 11 is 5.33. The molecular formula is C96H124F4N24O16S4. The molecule has 8 heterocycles. The standard InChI is InChI=1S/4C24H31FN6O4S/c4*1-3-8-36-24-27-22(26-16-10-14(16)13-5-4-12(2)15(25)9-13)19-23(28-24)31(30-29-19)17-11-18(35-7-6-32)21(34)20(17)33/h4*4-5,9,14,16-18,20-21,32-34H,3,6-8,10-11H2,1-2H3,(H,26,27,28)/t4*14-,16+,17+,18-,20-,21+/m0000/s1/i6D2,7D2,10D2,14D;7D2,10D2,14D;6D2,10D2,14D;10D2,14D. The SMILES string of the molecule is [2H]C([2H])(CO)O[C@H]1C[C@@H](n2nnc3c(N[C@@H]4C([2H])([2H])[C@@]4([2H])c4ccc(C)c(F)c4)nc(SCCC)nc32)[C@H](O)[C@@H]1O.[2H]C([2H])(O)C([2H])([2H])O[C@H]1C[C@@H](n2nnc3c(N[C@@H]4C([2H])([2H])[C@@]4([2H])c4ccc(C)c(F)c4)nc(SCCC)nc32)[C@H](O)[C@@H]1O.[2H]C([2H])(O)CO[C@H]1C[C@@H](n2nnc3c(N[C@@H]4C([2H])([2H])[C@@]4([2H])c4ccc(C)c(F)c4)nc(SCCC)nc32)[C@H](O)[C@@H]1O.[2H]C1([2H])[C@@H](Nc2nc(SCCC)nc3c2nnn3[C@@H]2C[C@H](OCCO)[C@@H](O)[C@H]2O)[C@]1([2H])c1ccc(C)c(F)c1. The fraction of sp³-hybridized carbons (Fsp3) is 0.583. The van der Waals surface area contributed by atoms with E-state index < -0.39 is 233 Å². The van der Waals surface area contributed by atoms with Gasteiger partial charge < -0.3 is 101 Å². The molecule has 8 aliphatic carbocycles. The van der Waals surface area contributed by atoms with E-state index in [0.717, 1.165) is 31.7 Å². The Labute approximate surface area is 871 Å². The van der Waals surface area contributed by atoms with Crippen LogP contribution in [0, 0.1) is 51.0 Å². The molecule has 24 atom stereocenters. The molecule has 0 bridgehead atoms. The molecule has 8 saturated carbocycles. The minimum Gasteiger partial charge on any atom is -0.394 e. The molecule has 16 N–H and O–H groups in total. The third-order valence-electron chi connectivity index (χ3n) is 25.0. The number of benzene rings is 4. The van der Waals surface area contributed by atoms with Crippen molar-refractivity contribution in [3.63, 3.8) is 0 Å².